The Balaban J connectivity index is 2.90. The lowest BCUT2D eigenvalue weighted by Gasteiger charge is -2.37. The normalized spacial score (nSPS) is 17.7. The standard InChI is InChI=1S/C18H32N2O5S/c1-17(2,3)25-16(23)20-18(10-7-6-8-11-18)15(22)19-13(9-12-26-5)14(21)24-4/h13H,6-12H2,1-5H3,(H,19,22)(H,20,23). The Morgan fingerprint density at radius 2 is 1.77 bits per heavy atom. The highest BCUT2D eigenvalue weighted by molar-refractivity contribution is 7.98. The van der Waals surface area contributed by atoms with Crippen LogP contribution in [0, 0.1) is 0 Å². The summed E-state index contributed by atoms with van der Waals surface area (Å²) in [7, 11) is 1.30. The molecule has 0 aliphatic heterocycles. The molecule has 0 spiro atoms. The highest BCUT2D eigenvalue weighted by Gasteiger charge is 2.43. The van der Waals surface area contributed by atoms with Gasteiger partial charge in [-0.2, -0.15) is 11.8 Å². The molecule has 0 aromatic carbocycles. The van der Waals surface area contributed by atoms with Crippen LogP contribution in [0.15, 0.2) is 0 Å². The minimum atomic E-state index is -1.05. The number of nitrogens with one attached hydrogen (secondary N) is 2. The summed E-state index contributed by atoms with van der Waals surface area (Å²) in [5, 5.41) is 5.56. The second-order valence-electron chi connectivity index (χ2n) is 7.60. The number of carbonyl (C=O) groups is 3. The Bertz CT molecular complexity index is 498. The third-order valence-electron chi connectivity index (χ3n) is 4.28. The van der Waals surface area contributed by atoms with Gasteiger partial charge in [0.15, 0.2) is 0 Å². The molecule has 2 amide bonds. The van der Waals surface area contributed by atoms with E-state index in [1.807, 2.05) is 6.26 Å². The first-order valence-corrected chi connectivity index (χ1v) is 10.4. The summed E-state index contributed by atoms with van der Waals surface area (Å²) in [6.45, 7) is 5.32. The molecule has 1 fully saturated rings. The Morgan fingerprint density at radius 1 is 1.15 bits per heavy atom. The van der Waals surface area contributed by atoms with Crippen LogP contribution in [0.2, 0.25) is 0 Å². The van der Waals surface area contributed by atoms with E-state index in [-0.39, 0.29) is 5.91 Å². The average Bonchev–Trinajstić information content (AvgIpc) is 2.56. The Labute approximate surface area is 160 Å². The molecule has 1 rings (SSSR count). The van der Waals surface area contributed by atoms with Crippen molar-refractivity contribution in [2.24, 2.45) is 0 Å². The summed E-state index contributed by atoms with van der Waals surface area (Å²) >= 11 is 1.59. The van der Waals surface area contributed by atoms with E-state index < -0.39 is 29.2 Å². The van der Waals surface area contributed by atoms with Crippen LogP contribution in [0.1, 0.15) is 59.3 Å². The maximum Gasteiger partial charge on any atom is 0.408 e. The third-order valence-corrected chi connectivity index (χ3v) is 4.93. The summed E-state index contributed by atoms with van der Waals surface area (Å²) < 4.78 is 10.1. The van der Waals surface area contributed by atoms with Crippen LogP contribution in [0.25, 0.3) is 0 Å². The largest absolute Gasteiger partial charge is 0.467 e. The first-order chi connectivity index (χ1) is 12.1. The van der Waals surface area contributed by atoms with Crippen LogP contribution < -0.4 is 10.6 Å². The maximum atomic E-state index is 13.0. The fourth-order valence-corrected chi connectivity index (χ4v) is 3.46. The van der Waals surface area contributed by atoms with Crippen LogP contribution >= 0.6 is 11.8 Å². The number of alkyl carbamates (subject to hydrolysis) is 1. The van der Waals surface area contributed by atoms with Crippen molar-refractivity contribution in [1.29, 1.82) is 0 Å². The van der Waals surface area contributed by atoms with Crippen molar-refractivity contribution < 1.29 is 23.9 Å². The molecule has 0 bridgehead atoms. The zero-order valence-electron chi connectivity index (χ0n) is 16.5. The second kappa shape index (κ2) is 10.0. The van der Waals surface area contributed by atoms with Crippen LogP contribution in [0.5, 0.6) is 0 Å². The number of carbonyl (C=O) groups excluding carboxylic acids is 3. The fourth-order valence-electron chi connectivity index (χ4n) is 2.99. The van der Waals surface area contributed by atoms with Gasteiger partial charge in [0.05, 0.1) is 7.11 Å². The lowest BCUT2D eigenvalue weighted by atomic mass is 9.80. The molecule has 2 N–H and O–H groups in total. The van der Waals surface area contributed by atoms with Gasteiger partial charge in [-0.1, -0.05) is 19.3 Å². The van der Waals surface area contributed by atoms with Gasteiger partial charge in [0, 0.05) is 0 Å². The summed E-state index contributed by atoms with van der Waals surface area (Å²) in [5.41, 5.74) is -1.70. The number of hydrogen-bond acceptors (Lipinski definition) is 6. The van der Waals surface area contributed by atoms with E-state index in [4.69, 9.17) is 9.47 Å². The van der Waals surface area contributed by atoms with Gasteiger partial charge in [0.25, 0.3) is 0 Å². The molecular formula is C18H32N2O5S. The molecule has 1 aliphatic rings. The van der Waals surface area contributed by atoms with E-state index in [0.717, 1.165) is 19.3 Å². The molecule has 1 aliphatic carbocycles. The minimum Gasteiger partial charge on any atom is -0.467 e. The average molecular weight is 389 g/mol. The SMILES string of the molecule is COC(=O)C(CCSC)NC(=O)C1(NC(=O)OC(C)(C)C)CCCCC1. The quantitative estimate of drug-likeness (QED) is 0.651. The highest BCUT2D eigenvalue weighted by Crippen LogP contribution is 2.29. The number of esters is 1. The zero-order valence-corrected chi connectivity index (χ0v) is 17.3. The summed E-state index contributed by atoms with van der Waals surface area (Å²) in [4.78, 5) is 37.3. The number of rotatable bonds is 7. The fraction of sp³-hybridized carbons (Fsp3) is 0.833. The molecular weight excluding hydrogens is 356 g/mol. The van der Waals surface area contributed by atoms with Gasteiger partial charge in [-0.05, 0) is 52.0 Å². The third kappa shape index (κ3) is 7.05. The summed E-state index contributed by atoms with van der Waals surface area (Å²) in [6, 6.07) is -0.723. The van der Waals surface area contributed by atoms with Crippen molar-refractivity contribution in [3.05, 3.63) is 0 Å². The van der Waals surface area contributed by atoms with Gasteiger partial charge < -0.3 is 20.1 Å². The molecule has 8 heteroatoms. The maximum absolute atomic E-state index is 13.0. The van der Waals surface area contributed by atoms with E-state index in [1.54, 1.807) is 32.5 Å². The molecule has 26 heavy (non-hydrogen) atoms. The Kier molecular flexibility index (Phi) is 8.73. The summed E-state index contributed by atoms with van der Waals surface area (Å²) in [5.74, 6) is -0.109. The highest BCUT2D eigenvalue weighted by atomic mass is 32.2. The van der Waals surface area contributed by atoms with E-state index >= 15 is 0 Å². The first kappa shape index (κ1) is 22.6. The first-order valence-electron chi connectivity index (χ1n) is 9.02. The topological polar surface area (TPSA) is 93.7 Å². The van der Waals surface area contributed by atoms with Gasteiger partial charge in [-0.25, -0.2) is 9.59 Å². The number of amides is 2. The van der Waals surface area contributed by atoms with Crippen molar-refractivity contribution in [1.82, 2.24) is 10.6 Å². The van der Waals surface area contributed by atoms with E-state index in [0.29, 0.717) is 25.0 Å². The molecule has 1 unspecified atom stereocenters. The zero-order chi connectivity index (χ0) is 19.8. The van der Waals surface area contributed by atoms with Gasteiger partial charge in [-0.3, -0.25) is 4.79 Å². The molecule has 0 saturated heterocycles. The van der Waals surface area contributed by atoms with Crippen LogP contribution in [-0.2, 0) is 19.1 Å². The molecule has 0 radical (unpaired) electrons. The van der Waals surface area contributed by atoms with Gasteiger partial charge in [0.1, 0.15) is 17.2 Å². The number of ether oxygens (including phenoxy) is 2. The van der Waals surface area contributed by atoms with Crippen molar-refractivity contribution in [3.8, 4) is 0 Å². The minimum absolute atomic E-state index is 0.348. The Morgan fingerprint density at radius 3 is 2.27 bits per heavy atom. The van der Waals surface area contributed by atoms with Gasteiger partial charge >= 0.3 is 12.1 Å². The molecule has 1 saturated carbocycles. The van der Waals surface area contributed by atoms with Crippen molar-refractivity contribution in [3.63, 3.8) is 0 Å². The van der Waals surface area contributed by atoms with E-state index in [1.165, 1.54) is 7.11 Å². The molecule has 0 aromatic rings. The molecule has 150 valence electrons. The van der Waals surface area contributed by atoms with Crippen LogP contribution in [0.4, 0.5) is 4.79 Å². The van der Waals surface area contributed by atoms with Crippen LogP contribution in [0.3, 0.4) is 0 Å². The summed E-state index contributed by atoms with van der Waals surface area (Å²) in [6.07, 6.45) is 5.51. The lowest BCUT2D eigenvalue weighted by Crippen LogP contribution is -2.62. The monoisotopic (exact) mass is 388 g/mol. The van der Waals surface area contributed by atoms with Crippen molar-refractivity contribution >= 4 is 29.7 Å². The second-order valence-corrected chi connectivity index (χ2v) is 8.59. The van der Waals surface area contributed by atoms with Gasteiger partial charge in [-0.15, -0.1) is 0 Å². The predicted octanol–water partition coefficient (Wildman–Crippen LogP) is 2.62. The number of methoxy groups -OCH3 is 1. The van der Waals surface area contributed by atoms with Crippen molar-refractivity contribution in [2.75, 3.05) is 19.1 Å². The molecule has 0 heterocycles. The number of thioether (sulfide) groups is 1. The number of hydrogen-bond donors (Lipinski definition) is 2. The van der Waals surface area contributed by atoms with E-state index in [9.17, 15) is 14.4 Å². The predicted molar refractivity (Wildman–Crippen MR) is 102 cm³/mol. The molecule has 1 atom stereocenters. The smallest absolute Gasteiger partial charge is 0.408 e. The van der Waals surface area contributed by atoms with Gasteiger partial charge in [0.2, 0.25) is 5.91 Å². The molecule has 7 nitrogen and oxygen atoms in total. The van der Waals surface area contributed by atoms with E-state index in [2.05, 4.69) is 10.6 Å². The Hall–Kier alpha value is -1.44. The van der Waals surface area contributed by atoms with Crippen molar-refractivity contribution in [2.45, 2.75) is 76.5 Å². The molecule has 0 aromatic heterocycles. The lowest BCUT2D eigenvalue weighted by molar-refractivity contribution is -0.146. The van der Waals surface area contributed by atoms with Crippen LogP contribution in [-0.4, -0.2) is 54.3 Å².